The van der Waals surface area contributed by atoms with Crippen molar-refractivity contribution < 1.29 is 8.42 Å². The monoisotopic (exact) mass is 190 g/mol. The average molecular weight is 190 g/mol. The van der Waals surface area contributed by atoms with Crippen molar-refractivity contribution in [3.05, 3.63) is 0 Å². The number of hydrogen-bond donors (Lipinski definition) is 0. The van der Waals surface area contributed by atoms with E-state index in [0.29, 0.717) is 11.7 Å². The van der Waals surface area contributed by atoms with Crippen LogP contribution in [0.4, 0.5) is 0 Å². The quantitative estimate of drug-likeness (QED) is 0.667. The maximum atomic E-state index is 11.6. The third-order valence-electron chi connectivity index (χ3n) is 3.16. The zero-order chi connectivity index (χ0) is 9.41. The Morgan fingerprint density at radius 3 is 2.33 bits per heavy atom. The predicted molar refractivity (Wildman–Crippen MR) is 50.9 cm³/mol. The van der Waals surface area contributed by atoms with Crippen LogP contribution in [0.15, 0.2) is 0 Å². The highest BCUT2D eigenvalue weighted by molar-refractivity contribution is 7.93. The van der Waals surface area contributed by atoms with E-state index in [2.05, 4.69) is 6.92 Å². The van der Waals surface area contributed by atoms with Crippen molar-refractivity contribution >= 4 is 9.84 Å². The van der Waals surface area contributed by atoms with Gasteiger partial charge in [0.2, 0.25) is 0 Å². The minimum Gasteiger partial charge on any atom is -0.228 e. The van der Waals surface area contributed by atoms with Crippen LogP contribution in [0.1, 0.15) is 40.0 Å². The van der Waals surface area contributed by atoms with E-state index < -0.39 is 14.6 Å². The van der Waals surface area contributed by atoms with Crippen LogP contribution < -0.4 is 0 Å². The van der Waals surface area contributed by atoms with Crippen molar-refractivity contribution in [1.29, 1.82) is 0 Å². The molecule has 0 N–H and O–H groups in total. The first-order chi connectivity index (χ1) is 5.42. The van der Waals surface area contributed by atoms with E-state index in [1.807, 2.05) is 13.8 Å². The molecule has 3 heteroatoms. The number of sulfone groups is 1. The van der Waals surface area contributed by atoms with Crippen LogP contribution in [0, 0.1) is 5.92 Å². The molecule has 1 rings (SSSR count). The summed E-state index contributed by atoms with van der Waals surface area (Å²) in [5.74, 6) is 0.775. The van der Waals surface area contributed by atoms with Crippen LogP contribution in [0.3, 0.4) is 0 Å². The normalized spacial score (nSPS) is 32.1. The first-order valence-electron chi connectivity index (χ1n) is 4.64. The molecule has 0 aliphatic carbocycles. The van der Waals surface area contributed by atoms with Gasteiger partial charge in [0.05, 0.1) is 10.5 Å². The fourth-order valence-corrected chi connectivity index (χ4v) is 3.87. The molecule has 0 aromatic heterocycles. The van der Waals surface area contributed by atoms with E-state index in [1.54, 1.807) is 0 Å². The standard InChI is InChI=1S/C9H18O2S/c1-4-5-8-6-7-12(10,11)9(8,2)3/h8H,4-7H2,1-3H3. The average Bonchev–Trinajstić information content (AvgIpc) is 2.13. The van der Waals surface area contributed by atoms with E-state index in [1.165, 1.54) is 0 Å². The second-order valence-electron chi connectivity index (χ2n) is 4.20. The Balaban J connectivity index is 2.86. The first-order valence-corrected chi connectivity index (χ1v) is 6.29. The van der Waals surface area contributed by atoms with Crippen LogP contribution in [-0.4, -0.2) is 18.9 Å². The van der Waals surface area contributed by atoms with Gasteiger partial charge in [-0.25, -0.2) is 8.42 Å². The molecule has 1 atom stereocenters. The molecule has 0 spiro atoms. The van der Waals surface area contributed by atoms with Crippen LogP contribution in [-0.2, 0) is 9.84 Å². The van der Waals surface area contributed by atoms with Gasteiger partial charge in [0, 0.05) is 0 Å². The van der Waals surface area contributed by atoms with E-state index >= 15 is 0 Å². The molecule has 1 aliphatic rings. The Labute approximate surface area is 75.3 Å². The summed E-state index contributed by atoms with van der Waals surface area (Å²) in [4.78, 5) is 0. The molecule has 1 heterocycles. The van der Waals surface area contributed by atoms with Crippen molar-refractivity contribution in [2.45, 2.75) is 44.8 Å². The van der Waals surface area contributed by atoms with Crippen molar-refractivity contribution in [3.8, 4) is 0 Å². The van der Waals surface area contributed by atoms with Gasteiger partial charge in [-0.05, 0) is 32.6 Å². The Morgan fingerprint density at radius 2 is 2.00 bits per heavy atom. The minimum atomic E-state index is -2.80. The van der Waals surface area contributed by atoms with Crippen LogP contribution in [0.5, 0.6) is 0 Å². The van der Waals surface area contributed by atoms with Gasteiger partial charge in [-0.1, -0.05) is 13.3 Å². The number of rotatable bonds is 2. The summed E-state index contributed by atoms with van der Waals surface area (Å²) in [7, 11) is -2.80. The molecule has 2 nitrogen and oxygen atoms in total. The Morgan fingerprint density at radius 1 is 1.42 bits per heavy atom. The largest absolute Gasteiger partial charge is 0.228 e. The summed E-state index contributed by atoms with van der Waals surface area (Å²) in [6, 6.07) is 0. The molecule has 0 saturated carbocycles. The third kappa shape index (κ3) is 1.39. The lowest BCUT2D eigenvalue weighted by atomic mass is 9.89. The number of hydrogen-bond acceptors (Lipinski definition) is 2. The fourth-order valence-electron chi connectivity index (χ4n) is 2.00. The van der Waals surface area contributed by atoms with Crippen molar-refractivity contribution in [2.75, 3.05) is 5.75 Å². The fraction of sp³-hybridized carbons (Fsp3) is 1.00. The molecule has 0 amide bonds. The maximum Gasteiger partial charge on any atom is 0.155 e. The summed E-state index contributed by atoms with van der Waals surface area (Å²) in [6.07, 6.45) is 3.00. The highest BCUT2D eigenvalue weighted by atomic mass is 32.2. The summed E-state index contributed by atoms with van der Waals surface area (Å²) in [6.45, 7) is 5.85. The van der Waals surface area contributed by atoms with E-state index in [9.17, 15) is 8.42 Å². The van der Waals surface area contributed by atoms with Crippen LogP contribution in [0.25, 0.3) is 0 Å². The topological polar surface area (TPSA) is 34.1 Å². The molecular formula is C9H18O2S. The van der Waals surface area contributed by atoms with Gasteiger partial charge >= 0.3 is 0 Å². The van der Waals surface area contributed by atoms with E-state index in [-0.39, 0.29) is 0 Å². The third-order valence-corrected chi connectivity index (χ3v) is 5.87. The second-order valence-corrected chi connectivity index (χ2v) is 6.89. The molecule has 1 fully saturated rings. The van der Waals surface area contributed by atoms with Crippen molar-refractivity contribution in [1.82, 2.24) is 0 Å². The molecule has 1 saturated heterocycles. The lowest BCUT2D eigenvalue weighted by molar-refractivity contribution is 0.391. The maximum absolute atomic E-state index is 11.6. The molecule has 0 bridgehead atoms. The molecule has 12 heavy (non-hydrogen) atoms. The van der Waals surface area contributed by atoms with Gasteiger partial charge < -0.3 is 0 Å². The lowest BCUT2D eigenvalue weighted by Gasteiger charge is -2.24. The van der Waals surface area contributed by atoms with Gasteiger partial charge in [-0.2, -0.15) is 0 Å². The molecule has 0 radical (unpaired) electrons. The summed E-state index contributed by atoms with van der Waals surface area (Å²) >= 11 is 0. The Kier molecular flexibility index (Phi) is 2.52. The zero-order valence-corrected chi connectivity index (χ0v) is 8.95. The zero-order valence-electron chi connectivity index (χ0n) is 8.13. The van der Waals surface area contributed by atoms with Crippen LogP contribution >= 0.6 is 0 Å². The summed E-state index contributed by atoms with van der Waals surface area (Å²) in [5.41, 5.74) is 0. The molecule has 0 aromatic rings. The van der Waals surface area contributed by atoms with Gasteiger partial charge in [0.15, 0.2) is 9.84 Å². The Bertz CT molecular complexity index is 252. The SMILES string of the molecule is CCCC1CCS(=O)(=O)C1(C)C. The molecule has 1 aliphatic heterocycles. The predicted octanol–water partition coefficient (Wildman–Crippen LogP) is 2.00. The summed E-state index contributed by atoms with van der Waals surface area (Å²) < 4.78 is 22.7. The van der Waals surface area contributed by atoms with Gasteiger partial charge in [0.1, 0.15) is 0 Å². The van der Waals surface area contributed by atoms with E-state index in [4.69, 9.17) is 0 Å². The van der Waals surface area contributed by atoms with Crippen molar-refractivity contribution in [3.63, 3.8) is 0 Å². The highest BCUT2D eigenvalue weighted by Gasteiger charge is 2.46. The molecule has 1 unspecified atom stereocenters. The highest BCUT2D eigenvalue weighted by Crippen LogP contribution is 2.39. The van der Waals surface area contributed by atoms with Gasteiger partial charge in [-0.3, -0.25) is 0 Å². The lowest BCUT2D eigenvalue weighted by Crippen LogP contribution is -2.33. The molecular weight excluding hydrogens is 172 g/mol. The summed E-state index contributed by atoms with van der Waals surface area (Å²) in [5, 5.41) is 0. The smallest absolute Gasteiger partial charge is 0.155 e. The van der Waals surface area contributed by atoms with Crippen LogP contribution in [0.2, 0.25) is 0 Å². The molecule has 0 aromatic carbocycles. The molecule has 72 valence electrons. The van der Waals surface area contributed by atoms with Crippen molar-refractivity contribution in [2.24, 2.45) is 5.92 Å². The Hall–Kier alpha value is -0.0500. The minimum absolute atomic E-state index is 0.382. The first kappa shape index (κ1) is 10.0. The van der Waals surface area contributed by atoms with Gasteiger partial charge in [0.25, 0.3) is 0 Å². The van der Waals surface area contributed by atoms with Gasteiger partial charge in [-0.15, -0.1) is 0 Å². The van der Waals surface area contributed by atoms with E-state index in [0.717, 1.165) is 19.3 Å². The second kappa shape index (κ2) is 3.02.